The van der Waals surface area contributed by atoms with Crippen molar-refractivity contribution in [2.45, 2.75) is 38.0 Å². The molecule has 0 amide bonds. The van der Waals surface area contributed by atoms with Crippen molar-refractivity contribution in [1.29, 1.82) is 0 Å². The van der Waals surface area contributed by atoms with E-state index in [1.54, 1.807) is 0 Å². The summed E-state index contributed by atoms with van der Waals surface area (Å²) in [4.78, 5) is 11.3. The van der Waals surface area contributed by atoms with E-state index in [0.717, 1.165) is 25.7 Å². The Morgan fingerprint density at radius 1 is 1.25 bits per heavy atom. The molecule has 86 valence electrons. The molecule has 1 saturated carbocycles. The molecule has 1 aliphatic carbocycles. The van der Waals surface area contributed by atoms with Gasteiger partial charge in [0.15, 0.2) is 0 Å². The van der Waals surface area contributed by atoms with Crippen LogP contribution in [0.4, 0.5) is 0 Å². The Kier molecular flexibility index (Phi) is 2.99. The minimum Gasteiger partial charge on any atom is -0.481 e. The summed E-state index contributed by atoms with van der Waals surface area (Å²) in [7, 11) is 0. The van der Waals surface area contributed by atoms with Gasteiger partial charge in [-0.2, -0.15) is 0 Å². The van der Waals surface area contributed by atoms with Crippen molar-refractivity contribution in [3.8, 4) is 0 Å². The second-order valence-corrected chi connectivity index (χ2v) is 4.79. The van der Waals surface area contributed by atoms with Gasteiger partial charge in [0, 0.05) is 5.41 Å². The fourth-order valence-corrected chi connectivity index (χ4v) is 2.98. The molecule has 1 aliphatic rings. The quantitative estimate of drug-likeness (QED) is 0.845. The maximum absolute atomic E-state index is 11.3. The molecule has 1 aromatic carbocycles. The van der Waals surface area contributed by atoms with Crippen molar-refractivity contribution >= 4 is 5.97 Å². The lowest BCUT2D eigenvalue weighted by atomic mass is 9.69. The molecule has 1 fully saturated rings. The summed E-state index contributed by atoms with van der Waals surface area (Å²) in [5, 5.41) is 9.27. The average Bonchev–Trinajstić information content (AvgIpc) is 2.79. The maximum atomic E-state index is 11.3. The fourth-order valence-electron chi connectivity index (χ4n) is 2.98. The molecule has 2 heteroatoms. The van der Waals surface area contributed by atoms with E-state index in [9.17, 15) is 9.90 Å². The zero-order valence-corrected chi connectivity index (χ0v) is 9.65. The van der Waals surface area contributed by atoms with E-state index in [0.29, 0.717) is 0 Å². The highest BCUT2D eigenvalue weighted by Gasteiger charge is 2.43. The fraction of sp³-hybridized carbons (Fsp3) is 0.500. The van der Waals surface area contributed by atoms with Gasteiger partial charge in [0.1, 0.15) is 0 Å². The molecule has 0 spiro atoms. The summed E-state index contributed by atoms with van der Waals surface area (Å²) in [6.45, 7) is 1.85. The standard InChI is InChI=1S/C14H18O2/c1-11(13(15)16)14(9-5-6-10-14)12-7-3-2-4-8-12/h2-4,7-8,11H,5-6,9-10H2,1H3,(H,15,16). The molecular weight excluding hydrogens is 200 g/mol. The average molecular weight is 218 g/mol. The number of aliphatic carboxylic acids is 1. The molecule has 2 nitrogen and oxygen atoms in total. The Labute approximate surface area is 96.3 Å². The first-order chi connectivity index (χ1) is 7.67. The molecule has 0 saturated heterocycles. The van der Waals surface area contributed by atoms with Crippen molar-refractivity contribution in [3.05, 3.63) is 35.9 Å². The lowest BCUT2D eigenvalue weighted by molar-refractivity contribution is -0.143. The van der Waals surface area contributed by atoms with Crippen LogP contribution in [-0.4, -0.2) is 11.1 Å². The summed E-state index contributed by atoms with van der Waals surface area (Å²) in [5.41, 5.74) is 1.06. The first-order valence-corrected chi connectivity index (χ1v) is 5.95. The minimum atomic E-state index is -0.675. The molecule has 1 atom stereocenters. The van der Waals surface area contributed by atoms with Gasteiger partial charge in [-0.15, -0.1) is 0 Å². The van der Waals surface area contributed by atoms with Gasteiger partial charge in [0.2, 0.25) is 0 Å². The second-order valence-electron chi connectivity index (χ2n) is 4.79. The van der Waals surface area contributed by atoms with E-state index < -0.39 is 5.97 Å². The van der Waals surface area contributed by atoms with E-state index >= 15 is 0 Å². The van der Waals surface area contributed by atoms with Crippen molar-refractivity contribution in [2.75, 3.05) is 0 Å². The highest BCUT2D eigenvalue weighted by atomic mass is 16.4. The van der Waals surface area contributed by atoms with Crippen LogP contribution < -0.4 is 0 Å². The van der Waals surface area contributed by atoms with Crippen molar-refractivity contribution in [1.82, 2.24) is 0 Å². The van der Waals surface area contributed by atoms with Gasteiger partial charge < -0.3 is 5.11 Å². The van der Waals surface area contributed by atoms with Gasteiger partial charge in [0.25, 0.3) is 0 Å². The van der Waals surface area contributed by atoms with Crippen LogP contribution in [0.15, 0.2) is 30.3 Å². The lowest BCUT2D eigenvalue weighted by Gasteiger charge is -2.33. The number of rotatable bonds is 3. The number of carboxylic acid groups (broad SMARTS) is 1. The molecular formula is C14H18O2. The topological polar surface area (TPSA) is 37.3 Å². The van der Waals surface area contributed by atoms with Crippen LogP contribution in [0.2, 0.25) is 0 Å². The van der Waals surface area contributed by atoms with E-state index in [4.69, 9.17) is 0 Å². The van der Waals surface area contributed by atoms with Crippen LogP contribution in [0, 0.1) is 5.92 Å². The largest absolute Gasteiger partial charge is 0.481 e. The maximum Gasteiger partial charge on any atom is 0.307 e. The molecule has 0 heterocycles. The van der Waals surface area contributed by atoms with E-state index in [1.165, 1.54) is 5.56 Å². The predicted molar refractivity (Wildman–Crippen MR) is 63.4 cm³/mol. The molecule has 1 unspecified atom stereocenters. The first-order valence-electron chi connectivity index (χ1n) is 5.95. The van der Waals surface area contributed by atoms with Crippen LogP contribution in [0.5, 0.6) is 0 Å². The third kappa shape index (κ3) is 1.73. The monoisotopic (exact) mass is 218 g/mol. The second kappa shape index (κ2) is 4.28. The van der Waals surface area contributed by atoms with E-state index in [1.807, 2.05) is 25.1 Å². The van der Waals surface area contributed by atoms with Gasteiger partial charge in [0.05, 0.1) is 5.92 Å². The summed E-state index contributed by atoms with van der Waals surface area (Å²) in [6.07, 6.45) is 4.30. The summed E-state index contributed by atoms with van der Waals surface area (Å²) in [5.74, 6) is -0.969. The Balaban J connectivity index is 2.40. The Hall–Kier alpha value is -1.31. The highest BCUT2D eigenvalue weighted by molar-refractivity contribution is 5.72. The number of carbonyl (C=O) groups is 1. The molecule has 0 aliphatic heterocycles. The zero-order valence-electron chi connectivity index (χ0n) is 9.65. The summed E-state index contributed by atoms with van der Waals surface area (Å²) < 4.78 is 0. The van der Waals surface area contributed by atoms with Gasteiger partial charge in [-0.25, -0.2) is 0 Å². The predicted octanol–water partition coefficient (Wildman–Crippen LogP) is 3.22. The van der Waals surface area contributed by atoms with Crippen molar-refractivity contribution < 1.29 is 9.90 Å². The van der Waals surface area contributed by atoms with Crippen LogP contribution >= 0.6 is 0 Å². The highest BCUT2D eigenvalue weighted by Crippen LogP contribution is 2.46. The molecule has 16 heavy (non-hydrogen) atoms. The molecule has 0 aromatic heterocycles. The Bertz CT molecular complexity index is 364. The third-order valence-electron chi connectivity index (χ3n) is 4.04. The normalized spacial score (nSPS) is 20.6. The van der Waals surface area contributed by atoms with Crippen LogP contribution in [0.1, 0.15) is 38.2 Å². The molecule has 2 rings (SSSR count). The Morgan fingerprint density at radius 2 is 1.81 bits per heavy atom. The number of hydrogen-bond donors (Lipinski definition) is 1. The molecule has 0 bridgehead atoms. The van der Waals surface area contributed by atoms with Gasteiger partial charge in [-0.1, -0.05) is 50.1 Å². The molecule has 1 aromatic rings. The molecule has 1 N–H and O–H groups in total. The first kappa shape index (κ1) is 11.2. The summed E-state index contributed by atoms with van der Waals surface area (Å²) >= 11 is 0. The third-order valence-corrected chi connectivity index (χ3v) is 4.04. The van der Waals surface area contributed by atoms with Crippen LogP contribution in [-0.2, 0) is 10.2 Å². The zero-order chi connectivity index (χ0) is 11.6. The van der Waals surface area contributed by atoms with E-state index in [2.05, 4.69) is 12.1 Å². The van der Waals surface area contributed by atoms with Gasteiger partial charge in [-0.05, 0) is 18.4 Å². The Morgan fingerprint density at radius 3 is 2.31 bits per heavy atom. The SMILES string of the molecule is CC(C(=O)O)C1(c2ccccc2)CCCC1. The van der Waals surface area contributed by atoms with Crippen LogP contribution in [0.25, 0.3) is 0 Å². The van der Waals surface area contributed by atoms with Gasteiger partial charge >= 0.3 is 5.97 Å². The van der Waals surface area contributed by atoms with Crippen molar-refractivity contribution in [2.24, 2.45) is 5.92 Å². The molecule has 0 radical (unpaired) electrons. The van der Waals surface area contributed by atoms with E-state index in [-0.39, 0.29) is 11.3 Å². The number of carboxylic acids is 1. The number of hydrogen-bond acceptors (Lipinski definition) is 1. The van der Waals surface area contributed by atoms with Crippen molar-refractivity contribution in [3.63, 3.8) is 0 Å². The lowest BCUT2D eigenvalue weighted by Crippen LogP contribution is -2.35. The smallest absolute Gasteiger partial charge is 0.307 e. The summed E-state index contributed by atoms with van der Waals surface area (Å²) in [6, 6.07) is 10.1. The minimum absolute atomic E-state index is 0.132. The van der Waals surface area contributed by atoms with Crippen LogP contribution in [0.3, 0.4) is 0 Å². The van der Waals surface area contributed by atoms with Gasteiger partial charge in [-0.3, -0.25) is 4.79 Å². The number of benzene rings is 1.